The van der Waals surface area contributed by atoms with Crippen LogP contribution in [0.4, 0.5) is 0 Å². The maximum atomic E-state index is 4.52. The number of fused-ring (bicyclic) bond motifs is 1. The third-order valence-corrected chi connectivity index (χ3v) is 3.56. The van der Waals surface area contributed by atoms with Crippen molar-refractivity contribution in [3.05, 3.63) is 48.4 Å². The van der Waals surface area contributed by atoms with Gasteiger partial charge in [-0.25, -0.2) is 4.98 Å². The number of thiophene rings is 1. The summed E-state index contributed by atoms with van der Waals surface area (Å²) in [5.74, 6) is 0. The number of aromatic nitrogens is 2. The van der Waals surface area contributed by atoms with Gasteiger partial charge in [0.1, 0.15) is 4.83 Å². The molecule has 0 saturated carbocycles. The Morgan fingerprint density at radius 3 is 2.94 bits per heavy atom. The van der Waals surface area contributed by atoms with E-state index in [0.717, 1.165) is 16.1 Å². The van der Waals surface area contributed by atoms with E-state index >= 15 is 0 Å². The summed E-state index contributed by atoms with van der Waals surface area (Å²) in [6.45, 7) is 2.02. The molecule has 16 heavy (non-hydrogen) atoms. The lowest BCUT2D eigenvalue weighted by atomic mass is 10.2. The molecule has 0 aliphatic heterocycles. The quantitative estimate of drug-likeness (QED) is 0.632. The number of pyridine rings is 2. The minimum atomic E-state index is 1.06. The summed E-state index contributed by atoms with van der Waals surface area (Å²) in [5, 5.41) is 1.20. The van der Waals surface area contributed by atoms with Gasteiger partial charge in [0.2, 0.25) is 0 Å². The average molecular weight is 226 g/mol. The van der Waals surface area contributed by atoms with E-state index in [1.54, 1.807) is 17.5 Å². The second-order valence-corrected chi connectivity index (χ2v) is 4.73. The van der Waals surface area contributed by atoms with Gasteiger partial charge in [-0.3, -0.25) is 4.98 Å². The molecule has 0 fully saturated rings. The van der Waals surface area contributed by atoms with Crippen molar-refractivity contribution >= 4 is 21.6 Å². The van der Waals surface area contributed by atoms with Crippen LogP contribution in [-0.2, 0) is 0 Å². The van der Waals surface area contributed by atoms with Crippen molar-refractivity contribution < 1.29 is 0 Å². The molecule has 0 aromatic carbocycles. The lowest BCUT2D eigenvalue weighted by Gasteiger charge is -1.92. The Labute approximate surface area is 97.6 Å². The monoisotopic (exact) mass is 226 g/mol. The molecule has 0 N–H and O–H groups in total. The third kappa shape index (κ3) is 1.59. The second-order valence-electron chi connectivity index (χ2n) is 3.70. The zero-order valence-corrected chi connectivity index (χ0v) is 9.66. The fourth-order valence-electron chi connectivity index (χ4n) is 1.66. The molecular formula is C13H10N2S. The number of aryl methyl sites for hydroxylation is 1. The molecule has 0 amide bonds. The van der Waals surface area contributed by atoms with E-state index in [1.807, 2.05) is 25.3 Å². The van der Waals surface area contributed by atoms with Crippen LogP contribution >= 0.6 is 11.3 Å². The van der Waals surface area contributed by atoms with Gasteiger partial charge < -0.3 is 0 Å². The van der Waals surface area contributed by atoms with Gasteiger partial charge in [-0.05, 0) is 25.1 Å². The van der Waals surface area contributed by atoms with Gasteiger partial charge in [0, 0.05) is 33.9 Å². The molecule has 0 aliphatic carbocycles. The number of rotatable bonds is 1. The molecule has 0 spiro atoms. The van der Waals surface area contributed by atoms with E-state index in [2.05, 4.69) is 28.2 Å². The van der Waals surface area contributed by atoms with Crippen molar-refractivity contribution in [1.29, 1.82) is 0 Å². The Morgan fingerprint density at radius 1 is 1.19 bits per heavy atom. The summed E-state index contributed by atoms with van der Waals surface area (Å²) in [6.07, 6.45) is 3.68. The molecule has 0 saturated heterocycles. The molecule has 0 unspecified atom stereocenters. The van der Waals surface area contributed by atoms with Crippen LogP contribution in [0.1, 0.15) is 5.69 Å². The van der Waals surface area contributed by atoms with Gasteiger partial charge in [-0.1, -0.05) is 12.1 Å². The number of hydrogen-bond acceptors (Lipinski definition) is 3. The van der Waals surface area contributed by atoms with Crippen LogP contribution in [0.15, 0.2) is 42.7 Å². The van der Waals surface area contributed by atoms with Crippen LogP contribution < -0.4 is 0 Å². The molecular weight excluding hydrogens is 216 g/mol. The summed E-state index contributed by atoms with van der Waals surface area (Å²) >= 11 is 1.71. The Hall–Kier alpha value is -1.74. The molecule has 0 aliphatic rings. The fourth-order valence-corrected chi connectivity index (χ4v) is 2.73. The van der Waals surface area contributed by atoms with Gasteiger partial charge >= 0.3 is 0 Å². The number of hydrogen-bond donors (Lipinski definition) is 0. The van der Waals surface area contributed by atoms with E-state index in [-0.39, 0.29) is 0 Å². The third-order valence-electron chi connectivity index (χ3n) is 2.47. The molecule has 3 aromatic heterocycles. The molecule has 2 nitrogen and oxygen atoms in total. The Kier molecular flexibility index (Phi) is 2.18. The summed E-state index contributed by atoms with van der Waals surface area (Å²) in [7, 11) is 0. The largest absolute Gasteiger partial charge is 0.264 e. The van der Waals surface area contributed by atoms with Crippen molar-refractivity contribution in [3.63, 3.8) is 0 Å². The van der Waals surface area contributed by atoms with Crippen LogP contribution in [0.25, 0.3) is 20.7 Å². The van der Waals surface area contributed by atoms with Crippen LogP contribution in [0.5, 0.6) is 0 Å². The molecule has 78 valence electrons. The average Bonchev–Trinajstić information content (AvgIpc) is 2.73. The van der Waals surface area contributed by atoms with E-state index in [9.17, 15) is 0 Å². The SMILES string of the molecule is Cc1ccc2cc(-c3cccnc3)sc2n1. The summed E-state index contributed by atoms with van der Waals surface area (Å²) in [6, 6.07) is 10.4. The highest BCUT2D eigenvalue weighted by Crippen LogP contribution is 2.31. The van der Waals surface area contributed by atoms with Crippen molar-refractivity contribution in [1.82, 2.24) is 9.97 Å². The van der Waals surface area contributed by atoms with E-state index < -0.39 is 0 Å². The Morgan fingerprint density at radius 2 is 2.12 bits per heavy atom. The predicted octanol–water partition coefficient (Wildman–Crippen LogP) is 3.67. The molecule has 3 heteroatoms. The van der Waals surface area contributed by atoms with E-state index in [1.165, 1.54) is 10.3 Å². The number of nitrogens with zero attached hydrogens (tertiary/aromatic N) is 2. The molecule has 0 radical (unpaired) electrons. The highest BCUT2D eigenvalue weighted by molar-refractivity contribution is 7.21. The highest BCUT2D eigenvalue weighted by Gasteiger charge is 2.04. The first-order valence-corrected chi connectivity index (χ1v) is 5.92. The summed E-state index contributed by atoms with van der Waals surface area (Å²) in [5.41, 5.74) is 2.22. The zero-order chi connectivity index (χ0) is 11.0. The minimum absolute atomic E-state index is 1.06. The maximum Gasteiger partial charge on any atom is 0.124 e. The Balaban J connectivity index is 2.19. The van der Waals surface area contributed by atoms with Crippen molar-refractivity contribution in [2.75, 3.05) is 0 Å². The first-order chi connectivity index (χ1) is 7.83. The smallest absolute Gasteiger partial charge is 0.124 e. The van der Waals surface area contributed by atoms with Gasteiger partial charge in [-0.15, -0.1) is 11.3 Å². The standard InChI is InChI=1S/C13H10N2S/c1-9-4-5-10-7-12(16-13(10)15-9)11-3-2-6-14-8-11/h2-8H,1H3. The van der Waals surface area contributed by atoms with Crippen molar-refractivity contribution in [2.45, 2.75) is 6.92 Å². The molecule has 3 rings (SSSR count). The van der Waals surface area contributed by atoms with E-state index in [4.69, 9.17) is 0 Å². The van der Waals surface area contributed by atoms with Crippen LogP contribution in [-0.4, -0.2) is 9.97 Å². The van der Waals surface area contributed by atoms with Crippen molar-refractivity contribution in [2.24, 2.45) is 0 Å². The minimum Gasteiger partial charge on any atom is -0.264 e. The second kappa shape index (κ2) is 3.68. The van der Waals surface area contributed by atoms with Gasteiger partial charge in [0.15, 0.2) is 0 Å². The van der Waals surface area contributed by atoms with Gasteiger partial charge in [0.25, 0.3) is 0 Å². The van der Waals surface area contributed by atoms with Gasteiger partial charge in [-0.2, -0.15) is 0 Å². The lowest BCUT2D eigenvalue weighted by Crippen LogP contribution is -1.75. The van der Waals surface area contributed by atoms with Crippen molar-refractivity contribution in [3.8, 4) is 10.4 Å². The molecule has 3 aromatic rings. The zero-order valence-electron chi connectivity index (χ0n) is 8.84. The first kappa shape index (κ1) is 9.48. The van der Waals surface area contributed by atoms with Crippen LogP contribution in [0.3, 0.4) is 0 Å². The highest BCUT2D eigenvalue weighted by atomic mass is 32.1. The fraction of sp³-hybridized carbons (Fsp3) is 0.0769. The normalized spacial score (nSPS) is 10.8. The topological polar surface area (TPSA) is 25.8 Å². The molecule has 3 heterocycles. The molecule has 0 atom stereocenters. The van der Waals surface area contributed by atoms with Crippen LogP contribution in [0, 0.1) is 6.92 Å². The Bertz CT molecular complexity index is 629. The predicted molar refractivity (Wildman–Crippen MR) is 67.6 cm³/mol. The van der Waals surface area contributed by atoms with E-state index in [0.29, 0.717) is 0 Å². The first-order valence-electron chi connectivity index (χ1n) is 5.10. The lowest BCUT2D eigenvalue weighted by molar-refractivity contribution is 1.27. The summed E-state index contributed by atoms with van der Waals surface area (Å²) < 4.78 is 0. The molecule has 0 bridgehead atoms. The maximum absolute atomic E-state index is 4.52. The summed E-state index contributed by atoms with van der Waals surface area (Å²) in [4.78, 5) is 11.0. The van der Waals surface area contributed by atoms with Gasteiger partial charge in [0.05, 0.1) is 0 Å². The van der Waals surface area contributed by atoms with Crippen LogP contribution in [0.2, 0.25) is 0 Å².